The molecule has 2 atom stereocenters. The van der Waals surface area contributed by atoms with Crippen molar-refractivity contribution in [3.63, 3.8) is 0 Å². The van der Waals surface area contributed by atoms with E-state index in [1.807, 2.05) is 6.92 Å². The second kappa shape index (κ2) is 8.07. The number of amides is 1. The lowest BCUT2D eigenvalue weighted by Gasteiger charge is -2.32. The number of nitrogens with zero attached hydrogens (tertiary/aromatic N) is 4. The Labute approximate surface area is 144 Å². The molecule has 2 N–H and O–H groups in total. The Balaban J connectivity index is 1.48. The number of aromatic nitrogens is 3. The predicted molar refractivity (Wildman–Crippen MR) is 92.5 cm³/mol. The number of nitrogens with one attached hydrogen (secondary N) is 2. The van der Waals surface area contributed by atoms with E-state index < -0.39 is 0 Å². The van der Waals surface area contributed by atoms with Crippen molar-refractivity contribution in [1.29, 1.82) is 0 Å². The maximum absolute atomic E-state index is 12.1. The third kappa shape index (κ3) is 4.13. The van der Waals surface area contributed by atoms with Gasteiger partial charge in [0, 0.05) is 19.6 Å². The fraction of sp³-hybridized carbons (Fsp3) is 0.824. The second-order valence-electron chi connectivity index (χ2n) is 7.05. The van der Waals surface area contributed by atoms with Crippen molar-refractivity contribution in [3.8, 4) is 0 Å². The first-order valence-electron chi connectivity index (χ1n) is 9.29. The summed E-state index contributed by atoms with van der Waals surface area (Å²) in [6, 6.07) is 0.0239. The third-order valence-corrected chi connectivity index (χ3v) is 5.24. The molecule has 134 valence electrons. The largest absolute Gasteiger partial charge is 0.354 e. The Morgan fingerprint density at radius 2 is 2.21 bits per heavy atom. The van der Waals surface area contributed by atoms with E-state index in [0.717, 1.165) is 63.8 Å². The minimum Gasteiger partial charge on any atom is -0.354 e. The second-order valence-corrected chi connectivity index (χ2v) is 7.05. The quantitative estimate of drug-likeness (QED) is 0.800. The lowest BCUT2D eigenvalue weighted by molar-refractivity contribution is -0.123. The number of carbonyl (C=O) groups excluding carboxylic acids is 1. The molecular formula is C17H30N6O. The summed E-state index contributed by atoms with van der Waals surface area (Å²) in [7, 11) is 0. The zero-order chi connectivity index (χ0) is 16.9. The summed E-state index contributed by atoms with van der Waals surface area (Å²) < 4.78 is 2.18. The Morgan fingerprint density at radius 1 is 1.33 bits per heavy atom. The fourth-order valence-electron chi connectivity index (χ4n) is 3.89. The lowest BCUT2D eigenvalue weighted by Crippen LogP contribution is -2.45. The van der Waals surface area contributed by atoms with Crippen molar-refractivity contribution in [3.05, 3.63) is 11.6 Å². The molecule has 0 saturated carbocycles. The Kier molecular flexibility index (Phi) is 5.84. The molecule has 2 fully saturated rings. The van der Waals surface area contributed by atoms with Crippen molar-refractivity contribution in [2.24, 2.45) is 5.92 Å². The summed E-state index contributed by atoms with van der Waals surface area (Å²) in [5.74, 6) is 2.74. The molecule has 1 aromatic heterocycles. The van der Waals surface area contributed by atoms with Crippen LogP contribution in [0.1, 0.15) is 44.3 Å². The maximum atomic E-state index is 12.1. The summed E-state index contributed by atoms with van der Waals surface area (Å²) >= 11 is 0. The first kappa shape index (κ1) is 17.4. The third-order valence-electron chi connectivity index (χ3n) is 5.24. The molecule has 2 aliphatic heterocycles. The number of hydrogen-bond acceptors (Lipinski definition) is 5. The predicted octanol–water partition coefficient (Wildman–Crippen LogP) is 0.687. The van der Waals surface area contributed by atoms with E-state index in [9.17, 15) is 4.79 Å². The molecule has 0 aromatic carbocycles. The average Bonchev–Trinajstić information content (AvgIpc) is 3.23. The molecule has 1 amide bonds. The normalized spacial score (nSPS) is 25.1. The van der Waals surface area contributed by atoms with E-state index in [0.29, 0.717) is 5.92 Å². The minimum absolute atomic E-state index is 0.0239. The van der Waals surface area contributed by atoms with Crippen LogP contribution >= 0.6 is 0 Å². The van der Waals surface area contributed by atoms with Crippen LogP contribution in [0.3, 0.4) is 0 Å². The van der Waals surface area contributed by atoms with Gasteiger partial charge in [0.1, 0.15) is 11.6 Å². The highest BCUT2D eigenvalue weighted by atomic mass is 16.2. The monoisotopic (exact) mass is 334 g/mol. The van der Waals surface area contributed by atoms with E-state index in [1.54, 1.807) is 0 Å². The summed E-state index contributed by atoms with van der Waals surface area (Å²) in [4.78, 5) is 14.6. The van der Waals surface area contributed by atoms with E-state index in [4.69, 9.17) is 0 Å². The molecule has 2 unspecified atom stereocenters. The lowest BCUT2D eigenvalue weighted by atomic mass is 9.98. The number of rotatable bonds is 6. The first-order chi connectivity index (χ1) is 11.7. The van der Waals surface area contributed by atoms with Crippen LogP contribution in [0, 0.1) is 12.8 Å². The van der Waals surface area contributed by atoms with Crippen LogP contribution in [0.2, 0.25) is 0 Å². The topological polar surface area (TPSA) is 75.1 Å². The van der Waals surface area contributed by atoms with Crippen LogP contribution in [0.15, 0.2) is 0 Å². The van der Waals surface area contributed by atoms with Crippen LogP contribution in [-0.4, -0.2) is 57.8 Å². The minimum atomic E-state index is 0.0239. The number of aryl methyl sites for hydroxylation is 1. The van der Waals surface area contributed by atoms with Gasteiger partial charge in [-0.25, -0.2) is 0 Å². The molecule has 0 bridgehead atoms. The van der Waals surface area contributed by atoms with Crippen LogP contribution < -0.4 is 10.6 Å². The molecule has 7 nitrogen and oxygen atoms in total. The highest BCUT2D eigenvalue weighted by Gasteiger charge is 2.25. The smallest absolute Gasteiger partial charge is 0.237 e. The molecule has 0 radical (unpaired) electrons. The van der Waals surface area contributed by atoms with Gasteiger partial charge in [-0.2, -0.15) is 0 Å². The van der Waals surface area contributed by atoms with Crippen molar-refractivity contribution >= 4 is 5.91 Å². The highest BCUT2D eigenvalue weighted by molar-refractivity contribution is 5.81. The van der Waals surface area contributed by atoms with E-state index >= 15 is 0 Å². The standard InChI is InChI=1S/C17H30N6O/c1-3-23-13(2)20-21-16(23)12-22-9-5-6-14(11-22)10-19-17(24)15-7-4-8-18-15/h14-15,18H,3-12H2,1-2H3,(H,19,24). The van der Waals surface area contributed by atoms with Crippen LogP contribution in [-0.2, 0) is 17.9 Å². The van der Waals surface area contributed by atoms with E-state index in [1.165, 1.54) is 12.8 Å². The van der Waals surface area contributed by atoms with Crippen molar-refractivity contribution in [1.82, 2.24) is 30.3 Å². The van der Waals surface area contributed by atoms with Crippen LogP contribution in [0.5, 0.6) is 0 Å². The van der Waals surface area contributed by atoms with Gasteiger partial charge < -0.3 is 15.2 Å². The number of carbonyl (C=O) groups is 1. The molecule has 0 aliphatic carbocycles. The molecule has 1 aromatic rings. The van der Waals surface area contributed by atoms with Gasteiger partial charge in [0.2, 0.25) is 5.91 Å². The number of likely N-dealkylation sites (tertiary alicyclic amines) is 1. The van der Waals surface area contributed by atoms with Gasteiger partial charge in [0.05, 0.1) is 12.6 Å². The number of hydrogen-bond donors (Lipinski definition) is 2. The summed E-state index contributed by atoms with van der Waals surface area (Å²) in [6.07, 6.45) is 4.44. The molecule has 24 heavy (non-hydrogen) atoms. The number of piperidine rings is 1. The summed E-state index contributed by atoms with van der Waals surface area (Å²) in [5, 5.41) is 14.9. The molecule has 2 saturated heterocycles. The fourth-order valence-corrected chi connectivity index (χ4v) is 3.89. The van der Waals surface area contributed by atoms with Gasteiger partial charge in [-0.1, -0.05) is 0 Å². The van der Waals surface area contributed by atoms with E-state index in [2.05, 4.69) is 37.2 Å². The van der Waals surface area contributed by atoms with Crippen LogP contribution in [0.25, 0.3) is 0 Å². The summed E-state index contributed by atoms with van der Waals surface area (Å²) in [6.45, 7) is 9.77. The van der Waals surface area contributed by atoms with Gasteiger partial charge >= 0.3 is 0 Å². The highest BCUT2D eigenvalue weighted by Crippen LogP contribution is 2.18. The van der Waals surface area contributed by atoms with Gasteiger partial charge in [-0.3, -0.25) is 9.69 Å². The van der Waals surface area contributed by atoms with E-state index in [-0.39, 0.29) is 11.9 Å². The van der Waals surface area contributed by atoms with Crippen molar-refractivity contribution in [2.75, 3.05) is 26.2 Å². The molecule has 3 rings (SSSR count). The Morgan fingerprint density at radius 3 is 2.96 bits per heavy atom. The van der Waals surface area contributed by atoms with Crippen molar-refractivity contribution < 1.29 is 4.79 Å². The first-order valence-corrected chi connectivity index (χ1v) is 9.29. The van der Waals surface area contributed by atoms with Crippen LogP contribution in [0.4, 0.5) is 0 Å². The molecule has 0 spiro atoms. The molecular weight excluding hydrogens is 304 g/mol. The molecule has 7 heteroatoms. The van der Waals surface area contributed by atoms with Gasteiger partial charge in [0.25, 0.3) is 0 Å². The molecule has 2 aliphatic rings. The van der Waals surface area contributed by atoms with Gasteiger partial charge in [0.15, 0.2) is 0 Å². The zero-order valence-corrected chi connectivity index (χ0v) is 14.9. The van der Waals surface area contributed by atoms with Crippen molar-refractivity contribution in [2.45, 2.75) is 58.7 Å². The van der Waals surface area contributed by atoms with Gasteiger partial charge in [-0.15, -0.1) is 10.2 Å². The Bertz CT molecular complexity index is 551. The molecule has 3 heterocycles. The maximum Gasteiger partial charge on any atom is 0.237 e. The summed E-state index contributed by atoms with van der Waals surface area (Å²) in [5.41, 5.74) is 0. The zero-order valence-electron chi connectivity index (χ0n) is 14.9. The SMILES string of the molecule is CCn1c(C)nnc1CN1CCCC(CNC(=O)C2CCCN2)C1. The van der Waals surface area contributed by atoms with Gasteiger partial charge in [-0.05, 0) is 58.5 Å². The Hall–Kier alpha value is -1.47. The average molecular weight is 334 g/mol.